The van der Waals surface area contributed by atoms with Crippen LogP contribution in [0.15, 0.2) is 65.8 Å². The molecule has 1 fully saturated rings. The van der Waals surface area contributed by atoms with Crippen LogP contribution in [0.1, 0.15) is 38.7 Å². The topological polar surface area (TPSA) is 97.2 Å². The van der Waals surface area contributed by atoms with Crippen molar-refractivity contribution in [1.29, 1.82) is 0 Å². The molecule has 3 rings (SSSR count). The lowest BCUT2D eigenvalue weighted by Gasteiger charge is -2.45. The number of nitrogens with zero attached hydrogens (tertiary/aromatic N) is 1. The van der Waals surface area contributed by atoms with Gasteiger partial charge in [-0.2, -0.15) is 5.10 Å². The molecule has 7 heteroatoms. The second-order valence-electron chi connectivity index (χ2n) is 8.01. The first-order valence-electron chi connectivity index (χ1n) is 10.9. The van der Waals surface area contributed by atoms with Gasteiger partial charge in [-0.05, 0) is 38.5 Å². The van der Waals surface area contributed by atoms with Crippen molar-refractivity contribution in [3.63, 3.8) is 0 Å². The van der Waals surface area contributed by atoms with Crippen molar-refractivity contribution in [2.24, 2.45) is 16.9 Å². The molecule has 1 aliphatic rings. The average Bonchev–Trinajstić information content (AvgIpc) is 2.78. The monoisotopic (exact) mass is 438 g/mol. The number of hydrazone groups is 1. The van der Waals surface area contributed by atoms with E-state index in [2.05, 4.69) is 10.5 Å². The highest BCUT2D eigenvalue weighted by atomic mass is 16.5. The number of ether oxygens (including phenoxy) is 2. The fourth-order valence-corrected chi connectivity index (χ4v) is 4.34. The quantitative estimate of drug-likeness (QED) is 0.505. The van der Waals surface area contributed by atoms with Crippen molar-refractivity contribution in [3.05, 3.63) is 66.2 Å². The number of anilines is 1. The Bertz CT molecular complexity index is 943. The van der Waals surface area contributed by atoms with Gasteiger partial charge in [0.2, 0.25) is 0 Å². The van der Waals surface area contributed by atoms with Crippen LogP contribution in [0, 0.1) is 11.8 Å². The Morgan fingerprint density at radius 3 is 2.16 bits per heavy atom. The van der Waals surface area contributed by atoms with Gasteiger partial charge >= 0.3 is 11.9 Å². The molecule has 0 bridgehead atoms. The van der Waals surface area contributed by atoms with Crippen molar-refractivity contribution in [2.45, 2.75) is 38.7 Å². The molecule has 1 aliphatic carbocycles. The number of benzene rings is 2. The van der Waals surface area contributed by atoms with Crippen LogP contribution in [0.4, 0.5) is 5.69 Å². The summed E-state index contributed by atoms with van der Waals surface area (Å²) in [4.78, 5) is 26.2. The van der Waals surface area contributed by atoms with E-state index in [9.17, 15) is 14.7 Å². The van der Waals surface area contributed by atoms with Crippen LogP contribution >= 0.6 is 0 Å². The molecule has 0 unspecified atom stereocenters. The molecule has 0 amide bonds. The fraction of sp³-hybridized carbons (Fsp3) is 0.400. The summed E-state index contributed by atoms with van der Waals surface area (Å²) in [7, 11) is 0. The Kier molecular flexibility index (Phi) is 7.64. The summed E-state index contributed by atoms with van der Waals surface area (Å²) in [5.74, 6) is -3.55. The Morgan fingerprint density at radius 2 is 1.56 bits per heavy atom. The molecule has 1 saturated carbocycles. The normalized spacial score (nSPS) is 26.4. The van der Waals surface area contributed by atoms with Gasteiger partial charge in [0.15, 0.2) is 0 Å². The molecule has 0 aromatic heterocycles. The summed E-state index contributed by atoms with van der Waals surface area (Å²) in [5, 5.41) is 15.9. The SMILES string of the molecule is CCOC(=O)[C@@H]1/C(=N\Nc2ccccc2)C[C@](C)(O)[C@H](C(=O)OCC)[C@H]1c1ccccc1. The maximum Gasteiger partial charge on any atom is 0.315 e. The number of aliphatic hydroxyl groups is 1. The number of nitrogens with one attached hydrogen (secondary N) is 1. The van der Waals surface area contributed by atoms with Crippen LogP contribution in [0.5, 0.6) is 0 Å². The molecule has 2 N–H and O–H groups in total. The van der Waals surface area contributed by atoms with Crippen LogP contribution in [0.2, 0.25) is 0 Å². The van der Waals surface area contributed by atoms with Gasteiger partial charge in [0, 0.05) is 12.3 Å². The summed E-state index contributed by atoms with van der Waals surface area (Å²) < 4.78 is 10.7. The van der Waals surface area contributed by atoms with Crippen LogP contribution < -0.4 is 5.43 Å². The van der Waals surface area contributed by atoms with E-state index in [-0.39, 0.29) is 19.6 Å². The summed E-state index contributed by atoms with van der Waals surface area (Å²) in [6, 6.07) is 18.5. The minimum absolute atomic E-state index is 0.0170. The Hall–Kier alpha value is -3.19. The lowest BCUT2D eigenvalue weighted by atomic mass is 9.61. The van der Waals surface area contributed by atoms with Gasteiger partial charge in [-0.3, -0.25) is 15.0 Å². The molecule has 32 heavy (non-hydrogen) atoms. The average molecular weight is 439 g/mol. The summed E-state index contributed by atoms with van der Waals surface area (Å²) in [5.41, 5.74) is 3.39. The molecular weight excluding hydrogens is 408 g/mol. The van der Waals surface area contributed by atoms with Crippen LogP contribution in [0.25, 0.3) is 0 Å². The van der Waals surface area contributed by atoms with E-state index in [0.717, 1.165) is 11.3 Å². The zero-order valence-electron chi connectivity index (χ0n) is 18.7. The Morgan fingerprint density at radius 1 is 1.00 bits per heavy atom. The molecule has 0 saturated heterocycles. The van der Waals surface area contributed by atoms with E-state index in [1.54, 1.807) is 20.8 Å². The minimum Gasteiger partial charge on any atom is -0.466 e. The standard InChI is InChI=1S/C25H30N2O5/c1-4-31-23(28)21-19(27-26-18-14-10-7-11-15-18)16-25(3,30)22(24(29)32-5-2)20(21)17-12-8-6-9-13-17/h6-15,20-22,26,30H,4-5,16H2,1-3H3/b27-19-/t20-,21+,22-,25-/m0/s1. The molecular formula is C25H30N2O5. The van der Waals surface area contributed by atoms with E-state index in [1.165, 1.54) is 0 Å². The predicted octanol–water partition coefficient (Wildman–Crippen LogP) is 3.75. The van der Waals surface area contributed by atoms with Crippen LogP contribution in [-0.4, -0.2) is 41.6 Å². The number of carbonyl (C=O) groups is 2. The van der Waals surface area contributed by atoms with Crippen molar-refractivity contribution >= 4 is 23.3 Å². The maximum atomic E-state index is 13.2. The second-order valence-corrected chi connectivity index (χ2v) is 8.01. The third kappa shape index (κ3) is 5.16. The lowest BCUT2D eigenvalue weighted by molar-refractivity contribution is -0.163. The first kappa shape index (κ1) is 23.5. The number of hydrogen-bond donors (Lipinski definition) is 2. The summed E-state index contributed by atoms with van der Waals surface area (Å²) in [6.45, 7) is 5.40. The highest BCUT2D eigenvalue weighted by Crippen LogP contribution is 2.47. The van der Waals surface area contributed by atoms with Gasteiger partial charge in [-0.15, -0.1) is 0 Å². The van der Waals surface area contributed by atoms with Gasteiger partial charge in [0.05, 0.1) is 36.1 Å². The number of carbonyl (C=O) groups excluding carboxylic acids is 2. The van der Waals surface area contributed by atoms with E-state index in [4.69, 9.17) is 9.47 Å². The highest BCUT2D eigenvalue weighted by Gasteiger charge is 2.56. The lowest BCUT2D eigenvalue weighted by Crippen LogP contribution is -2.55. The van der Waals surface area contributed by atoms with Crippen molar-refractivity contribution in [1.82, 2.24) is 0 Å². The molecule has 0 aliphatic heterocycles. The largest absolute Gasteiger partial charge is 0.466 e. The molecule has 4 atom stereocenters. The number of rotatable bonds is 7. The summed E-state index contributed by atoms with van der Waals surface area (Å²) >= 11 is 0. The molecule has 0 heterocycles. The second kappa shape index (κ2) is 10.4. The predicted molar refractivity (Wildman–Crippen MR) is 122 cm³/mol. The minimum atomic E-state index is -1.48. The van der Waals surface area contributed by atoms with E-state index in [0.29, 0.717) is 5.71 Å². The third-order valence-electron chi connectivity index (χ3n) is 5.65. The van der Waals surface area contributed by atoms with E-state index < -0.39 is 35.3 Å². The zero-order valence-corrected chi connectivity index (χ0v) is 18.7. The molecule has 0 radical (unpaired) electrons. The maximum absolute atomic E-state index is 13.2. The first-order chi connectivity index (χ1) is 15.4. The third-order valence-corrected chi connectivity index (χ3v) is 5.65. The highest BCUT2D eigenvalue weighted by molar-refractivity contribution is 6.06. The van der Waals surface area contributed by atoms with E-state index >= 15 is 0 Å². The van der Waals surface area contributed by atoms with Gasteiger partial charge < -0.3 is 14.6 Å². The number of para-hydroxylation sites is 1. The van der Waals surface area contributed by atoms with Crippen molar-refractivity contribution < 1.29 is 24.2 Å². The molecule has 2 aromatic carbocycles. The molecule has 7 nitrogen and oxygen atoms in total. The Balaban J connectivity index is 2.12. The van der Waals surface area contributed by atoms with Crippen molar-refractivity contribution in [3.8, 4) is 0 Å². The number of esters is 2. The summed E-state index contributed by atoms with van der Waals surface area (Å²) in [6.07, 6.45) is 0.0170. The smallest absolute Gasteiger partial charge is 0.315 e. The molecule has 2 aromatic rings. The first-order valence-corrected chi connectivity index (χ1v) is 10.9. The van der Waals surface area contributed by atoms with Gasteiger partial charge in [-0.25, -0.2) is 0 Å². The molecule has 0 spiro atoms. The van der Waals surface area contributed by atoms with Crippen LogP contribution in [0.3, 0.4) is 0 Å². The zero-order chi connectivity index (χ0) is 23.1. The van der Waals surface area contributed by atoms with Crippen molar-refractivity contribution in [2.75, 3.05) is 18.6 Å². The molecule has 170 valence electrons. The van der Waals surface area contributed by atoms with Gasteiger partial charge in [0.25, 0.3) is 0 Å². The Labute approximate surface area is 188 Å². The van der Waals surface area contributed by atoms with Crippen LogP contribution in [-0.2, 0) is 19.1 Å². The van der Waals surface area contributed by atoms with Gasteiger partial charge in [0.1, 0.15) is 5.92 Å². The fourth-order valence-electron chi connectivity index (χ4n) is 4.34. The van der Waals surface area contributed by atoms with Gasteiger partial charge in [-0.1, -0.05) is 48.5 Å². The van der Waals surface area contributed by atoms with E-state index in [1.807, 2.05) is 60.7 Å². The number of hydrogen-bond acceptors (Lipinski definition) is 7.